The summed E-state index contributed by atoms with van der Waals surface area (Å²) in [7, 11) is 0. The normalized spacial score (nSPS) is 16.6. The Hall–Kier alpha value is -1.00. The van der Waals surface area contributed by atoms with Crippen LogP contribution in [0, 0.1) is 0 Å². The summed E-state index contributed by atoms with van der Waals surface area (Å²) in [5.41, 5.74) is 0.893. The lowest BCUT2D eigenvalue weighted by atomic mass is 10.2. The number of thioether (sulfide) groups is 1. The number of amides is 1. The van der Waals surface area contributed by atoms with Crippen molar-refractivity contribution >= 4 is 17.7 Å². The largest absolute Gasteiger partial charge is 0.392 e. The van der Waals surface area contributed by atoms with E-state index in [9.17, 15) is 4.79 Å². The van der Waals surface area contributed by atoms with E-state index in [2.05, 4.69) is 5.32 Å². The highest BCUT2D eigenvalue weighted by Crippen LogP contribution is 2.25. The van der Waals surface area contributed by atoms with E-state index in [0.717, 1.165) is 23.3 Å². The minimum atomic E-state index is -0.0735. The van der Waals surface area contributed by atoms with Crippen molar-refractivity contribution in [2.75, 3.05) is 0 Å². The number of hydrogen-bond donors (Lipinski definition) is 2. The fourth-order valence-electron chi connectivity index (χ4n) is 1.48. The second kappa shape index (κ2) is 5.56. The molecule has 1 unspecified atom stereocenters. The molecule has 4 heteroatoms. The van der Waals surface area contributed by atoms with Gasteiger partial charge in [0.15, 0.2) is 0 Å². The Bertz CT molecular complexity index is 387. The van der Waals surface area contributed by atoms with Gasteiger partial charge >= 0.3 is 0 Å². The molecule has 92 valence electrons. The SMILES string of the molecule is CC(Sc1ccc(CO)cc1)C(=O)NC1CC1. The summed E-state index contributed by atoms with van der Waals surface area (Å²) >= 11 is 1.55. The minimum absolute atomic E-state index is 0.0582. The van der Waals surface area contributed by atoms with Crippen molar-refractivity contribution in [3.8, 4) is 0 Å². The second-order valence-corrected chi connectivity index (χ2v) is 5.76. The number of nitrogens with one attached hydrogen (secondary N) is 1. The second-order valence-electron chi connectivity index (χ2n) is 4.35. The van der Waals surface area contributed by atoms with Gasteiger partial charge in [-0.3, -0.25) is 4.79 Å². The Morgan fingerprint density at radius 3 is 2.65 bits per heavy atom. The third-order valence-corrected chi connectivity index (χ3v) is 3.82. The highest BCUT2D eigenvalue weighted by atomic mass is 32.2. The van der Waals surface area contributed by atoms with Gasteiger partial charge in [-0.2, -0.15) is 0 Å². The number of carbonyl (C=O) groups excluding carboxylic acids is 1. The van der Waals surface area contributed by atoms with Crippen molar-refractivity contribution in [2.24, 2.45) is 0 Å². The van der Waals surface area contributed by atoms with Crippen molar-refractivity contribution in [1.29, 1.82) is 0 Å². The van der Waals surface area contributed by atoms with Gasteiger partial charge in [0.25, 0.3) is 0 Å². The Morgan fingerprint density at radius 2 is 2.12 bits per heavy atom. The summed E-state index contributed by atoms with van der Waals surface area (Å²) in [5.74, 6) is 0.115. The fraction of sp³-hybridized carbons (Fsp3) is 0.462. The lowest BCUT2D eigenvalue weighted by Crippen LogP contribution is -2.32. The Balaban J connectivity index is 1.87. The molecule has 1 atom stereocenters. The zero-order valence-corrected chi connectivity index (χ0v) is 10.7. The van der Waals surface area contributed by atoms with Crippen LogP contribution in [0.4, 0.5) is 0 Å². The number of benzene rings is 1. The van der Waals surface area contributed by atoms with Crippen molar-refractivity contribution in [2.45, 2.75) is 42.6 Å². The molecule has 1 aliphatic rings. The molecule has 3 nitrogen and oxygen atoms in total. The van der Waals surface area contributed by atoms with Crippen LogP contribution in [0.2, 0.25) is 0 Å². The third-order valence-electron chi connectivity index (χ3n) is 2.71. The quantitative estimate of drug-likeness (QED) is 0.786. The first-order valence-electron chi connectivity index (χ1n) is 5.86. The average Bonchev–Trinajstić information content (AvgIpc) is 3.14. The third kappa shape index (κ3) is 3.75. The number of aliphatic hydroxyl groups is 1. The van der Waals surface area contributed by atoms with Crippen LogP contribution in [0.25, 0.3) is 0 Å². The summed E-state index contributed by atoms with van der Waals surface area (Å²) in [6, 6.07) is 8.07. The Labute approximate surface area is 106 Å². The molecule has 0 spiro atoms. The van der Waals surface area contributed by atoms with E-state index in [1.54, 1.807) is 11.8 Å². The van der Waals surface area contributed by atoms with Crippen LogP contribution in [-0.4, -0.2) is 22.3 Å². The van der Waals surface area contributed by atoms with Crippen LogP contribution < -0.4 is 5.32 Å². The Kier molecular flexibility index (Phi) is 4.07. The molecule has 0 bridgehead atoms. The summed E-state index contributed by atoms with van der Waals surface area (Å²) in [5, 5.41) is 11.9. The zero-order chi connectivity index (χ0) is 12.3. The van der Waals surface area contributed by atoms with E-state index in [4.69, 9.17) is 5.11 Å². The van der Waals surface area contributed by atoms with E-state index in [-0.39, 0.29) is 17.8 Å². The van der Waals surface area contributed by atoms with E-state index < -0.39 is 0 Å². The topological polar surface area (TPSA) is 49.3 Å². The number of rotatable bonds is 5. The van der Waals surface area contributed by atoms with Gasteiger partial charge in [-0.1, -0.05) is 12.1 Å². The molecule has 2 N–H and O–H groups in total. The maximum absolute atomic E-state index is 11.7. The van der Waals surface area contributed by atoms with Crippen molar-refractivity contribution in [3.63, 3.8) is 0 Å². The summed E-state index contributed by atoms with van der Waals surface area (Å²) in [6.07, 6.45) is 2.24. The fourth-order valence-corrected chi connectivity index (χ4v) is 2.35. The van der Waals surface area contributed by atoms with Gasteiger partial charge in [-0.05, 0) is 37.5 Å². The van der Waals surface area contributed by atoms with Gasteiger partial charge in [-0.15, -0.1) is 11.8 Å². The molecule has 1 saturated carbocycles. The van der Waals surface area contributed by atoms with Crippen molar-refractivity contribution in [3.05, 3.63) is 29.8 Å². The minimum Gasteiger partial charge on any atom is -0.392 e. The predicted molar refractivity (Wildman–Crippen MR) is 68.8 cm³/mol. The van der Waals surface area contributed by atoms with E-state index in [1.807, 2.05) is 31.2 Å². The van der Waals surface area contributed by atoms with E-state index >= 15 is 0 Å². The standard InChI is InChI=1S/C13H17NO2S/c1-9(13(16)14-11-4-5-11)17-12-6-2-10(8-15)3-7-12/h2-3,6-7,9,11,15H,4-5,8H2,1H3,(H,14,16). The monoisotopic (exact) mass is 251 g/mol. The van der Waals surface area contributed by atoms with Crippen LogP contribution in [0.15, 0.2) is 29.2 Å². The molecule has 0 heterocycles. The first-order chi connectivity index (χ1) is 8.19. The van der Waals surface area contributed by atoms with Gasteiger partial charge < -0.3 is 10.4 Å². The predicted octanol–water partition coefficient (Wildman–Crippen LogP) is 1.94. The first-order valence-corrected chi connectivity index (χ1v) is 6.74. The maximum atomic E-state index is 11.7. The first kappa shape index (κ1) is 12.5. The van der Waals surface area contributed by atoms with Gasteiger partial charge in [0.05, 0.1) is 11.9 Å². The molecule has 0 aromatic heterocycles. The van der Waals surface area contributed by atoms with E-state index in [1.165, 1.54) is 0 Å². The summed E-state index contributed by atoms with van der Waals surface area (Å²) in [4.78, 5) is 12.8. The van der Waals surface area contributed by atoms with Crippen LogP contribution in [0.1, 0.15) is 25.3 Å². The molecular weight excluding hydrogens is 234 g/mol. The smallest absolute Gasteiger partial charge is 0.233 e. The number of hydrogen-bond acceptors (Lipinski definition) is 3. The zero-order valence-electron chi connectivity index (χ0n) is 9.85. The van der Waals surface area contributed by atoms with Crippen molar-refractivity contribution < 1.29 is 9.90 Å². The molecule has 17 heavy (non-hydrogen) atoms. The van der Waals surface area contributed by atoms with Crippen LogP contribution in [0.3, 0.4) is 0 Å². The lowest BCUT2D eigenvalue weighted by Gasteiger charge is -2.11. The summed E-state index contributed by atoms with van der Waals surface area (Å²) in [6.45, 7) is 1.98. The van der Waals surface area contributed by atoms with E-state index in [0.29, 0.717) is 6.04 Å². The maximum Gasteiger partial charge on any atom is 0.233 e. The van der Waals surface area contributed by atoms with Gasteiger partial charge in [0.1, 0.15) is 0 Å². The molecular formula is C13H17NO2S. The summed E-state index contributed by atoms with van der Waals surface area (Å²) < 4.78 is 0. The molecule has 0 saturated heterocycles. The van der Waals surface area contributed by atoms with Gasteiger partial charge in [0, 0.05) is 10.9 Å². The van der Waals surface area contributed by atoms with Crippen LogP contribution in [0.5, 0.6) is 0 Å². The molecule has 0 radical (unpaired) electrons. The number of carbonyl (C=O) groups is 1. The lowest BCUT2D eigenvalue weighted by molar-refractivity contribution is -0.120. The van der Waals surface area contributed by atoms with Crippen LogP contribution >= 0.6 is 11.8 Å². The molecule has 2 rings (SSSR count). The average molecular weight is 251 g/mol. The molecule has 1 aromatic rings. The molecule has 1 aromatic carbocycles. The molecule has 1 amide bonds. The van der Waals surface area contributed by atoms with Gasteiger partial charge in [-0.25, -0.2) is 0 Å². The Morgan fingerprint density at radius 1 is 1.47 bits per heavy atom. The highest BCUT2D eigenvalue weighted by Gasteiger charge is 2.25. The number of aliphatic hydroxyl groups excluding tert-OH is 1. The van der Waals surface area contributed by atoms with Crippen molar-refractivity contribution in [1.82, 2.24) is 5.32 Å². The molecule has 1 aliphatic carbocycles. The van der Waals surface area contributed by atoms with Crippen LogP contribution in [-0.2, 0) is 11.4 Å². The molecule has 1 fully saturated rings. The highest BCUT2D eigenvalue weighted by molar-refractivity contribution is 8.00. The molecule has 0 aliphatic heterocycles. The van der Waals surface area contributed by atoms with Gasteiger partial charge in [0.2, 0.25) is 5.91 Å².